The topological polar surface area (TPSA) is 84.2 Å². The van der Waals surface area contributed by atoms with Gasteiger partial charge in [0.1, 0.15) is 17.6 Å². The minimum absolute atomic E-state index is 0.141. The first-order chi connectivity index (χ1) is 8.39. The number of halogens is 1. The van der Waals surface area contributed by atoms with Crippen molar-refractivity contribution in [2.24, 2.45) is 0 Å². The summed E-state index contributed by atoms with van der Waals surface area (Å²) in [6.45, 7) is 0. The summed E-state index contributed by atoms with van der Waals surface area (Å²) in [6.07, 6.45) is 0. The van der Waals surface area contributed by atoms with Crippen molar-refractivity contribution >= 4 is 15.8 Å². The zero-order valence-corrected chi connectivity index (χ0v) is 10.3. The van der Waals surface area contributed by atoms with Crippen LogP contribution in [0.15, 0.2) is 18.2 Å². The Morgan fingerprint density at radius 1 is 1.50 bits per heavy atom. The molecule has 0 spiro atoms. The SMILES string of the molecule is COC(=O)CS(=O)(=O)Cc1cccc(C#N)c1F. The van der Waals surface area contributed by atoms with Gasteiger partial charge in [-0.3, -0.25) is 4.79 Å². The second kappa shape index (κ2) is 5.60. The van der Waals surface area contributed by atoms with Gasteiger partial charge >= 0.3 is 5.97 Å². The molecule has 0 aliphatic rings. The van der Waals surface area contributed by atoms with Crippen LogP contribution in [-0.2, 0) is 25.1 Å². The number of hydrogen-bond acceptors (Lipinski definition) is 5. The first kappa shape index (κ1) is 14.1. The molecule has 0 radical (unpaired) electrons. The number of hydrogen-bond donors (Lipinski definition) is 0. The number of nitrogens with zero attached hydrogens (tertiary/aromatic N) is 1. The largest absolute Gasteiger partial charge is 0.468 e. The normalized spacial score (nSPS) is 10.7. The predicted molar refractivity (Wildman–Crippen MR) is 60.6 cm³/mol. The zero-order valence-electron chi connectivity index (χ0n) is 9.51. The third kappa shape index (κ3) is 3.53. The van der Waals surface area contributed by atoms with E-state index in [1.54, 1.807) is 6.07 Å². The lowest BCUT2D eigenvalue weighted by atomic mass is 10.1. The van der Waals surface area contributed by atoms with Crippen molar-refractivity contribution in [2.45, 2.75) is 5.75 Å². The van der Waals surface area contributed by atoms with Gasteiger partial charge in [0, 0.05) is 5.56 Å². The standard InChI is InChI=1S/C11H10FNO4S/c1-17-10(14)7-18(15,16)6-9-4-2-3-8(5-13)11(9)12/h2-4H,6-7H2,1H3. The molecule has 1 rings (SSSR count). The van der Waals surface area contributed by atoms with Crippen molar-refractivity contribution in [3.63, 3.8) is 0 Å². The van der Waals surface area contributed by atoms with Gasteiger partial charge in [-0.1, -0.05) is 12.1 Å². The van der Waals surface area contributed by atoms with E-state index in [2.05, 4.69) is 4.74 Å². The van der Waals surface area contributed by atoms with Crippen LogP contribution in [0.25, 0.3) is 0 Å². The second-order valence-electron chi connectivity index (χ2n) is 3.50. The summed E-state index contributed by atoms with van der Waals surface area (Å²) < 4.78 is 41.0. The van der Waals surface area contributed by atoms with Crippen LogP contribution in [-0.4, -0.2) is 27.2 Å². The number of nitriles is 1. The average Bonchev–Trinajstić information content (AvgIpc) is 2.31. The van der Waals surface area contributed by atoms with Crippen molar-refractivity contribution in [1.29, 1.82) is 5.26 Å². The van der Waals surface area contributed by atoms with Crippen molar-refractivity contribution in [1.82, 2.24) is 0 Å². The Hall–Kier alpha value is -1.94. The quantitative estimate of drug-likeness (QED) is 0.756. The number of esters is 1. The lowest BCUT2D eigenvalue weighted by molar-refractivity contribution is -0.137. The van der Waals surface area contributed by atoms with E-state index in [9.17, 15) is 17.6 Å². The molecular weight excluding hydrogens is 261 g/mol. The molecule has 0 fully saturated rings. The Balaban J connectivity index is 2.99. The predicted octanol–water partition coefficient (Wildman–Crippen LogP) is 0.785. The fraction of sp³-hybridized carbons (Fsp3) is 0.273. The van der Waals surface area contributed by atoms with Crippen molar-refractivity contribution in [3.05, 3.63) is 35.1 Å². The Kier molecular flexibility index (Phi) is 4.39. The molecule has 1 aromatic rings. The highest BCUT2D eigenvalue weighted by molar-refractivity contribution is 7.91. The lowest BCUT2D eigenvalue weighted by Crippen LogP contribution is -2.19. The van der Waals surface area contributed by atoms with Crippen LogP contribution >= 0.6 is 0 Å². The molecular formula is C11H10FNO4S. The van der Waals surface area contributed by atoms with Crippen LogP contribution in [0, 0.1) is 17.1 Å². The summed E-state index contributed by atoms with van der Waals surface area (Å²) in [6, 6.07) is 5.49. The van der Waals surface area contributed by atoms with Crippen LogP contribution in [0.5, 0.6) is 0 Å². The zero-order chi connectivity index (χ0) is 13.8. The van der Waals surface area contributed by atoms with Crippen LogP contribution in [0.3, 0.4) is 0 Å². The minimum Gasteiger partial charge on any atom is -0.468 e. The van der Waals surface area contributed by atoms with E-state index in [4.69, 9.17) is 5.26 Å². The smallest absolute Gasteiger partial charge is 0.320 e. The number of rotatable bonds is 4. The van der Waals surface area contributed by atoms with E-state index in [-0.39, 0.29) is 11.1 Å². The van der Waals surface area contributed by atoms with Crippen LogP contribution in [0.1, 0.15) is 11.1 Å². The van der Waals surface area contributed by atoms with Crippen molar-refractivity contribution in [3.8, 4) is 6.07 Å². The molecule has 0 aromatic heterocycles. The van der Waals surface area contributed by atoms with Gasteiger partial charge in [-0.05, 0) is 6.07 Å². The fourth-order valence-corrected chi connectivity index (χ4v) is 2.58. The van der Waals surface area contributed by atoms with E-state index >= 15 is 0 Å². The molecule has 0 aliphatic heterocycles. The molecule has 0 aliphatic carbocycles. The van der Waals surface area contributed by atoms with Gasteiger partial charge < -0.3 is 4.74 Å². The summed E-state index contributed by atoms with van der Waals surface area (Å²) in [7, 11) is -2.75. The second-order valence-corrected chi connectivity index (χ2v) is 5.56. The Labute approximate surface area is 104 Å². The molecule has 5 nitrogen and oxygen atoms in total. The molecule has 0 unspecified atom stereocenters. The maximum Gasteiger partial charge on any atom is 0.320 e. The highest BCUT2D eigenvalue weighted by atomic mass is 32.2. The molecule has 0 saturated carbocycles. The highest BCUT2D eigenvalue weighted by Gasteiger charge is 2.20. The number of ether oxygens (including phenoxy) is 1. The maximum atomic E-state index is 13.6. The van der Waals surface area contributed by atoms with Crippen LogP contribution in [0.2, 0.25) is 0 Å². The molecule has 0 amide bonds. The summed E-state index contributed by atoms with van der Waals surface area (Å²) in [4.78, 5) is 10.9. The summed E-state index contributed by atoms with van der Waals surface area (Å²) in [5.41, 5.74) is -0.376. The molecule has 0 saturated heterocycles. The molecule has 1 aromatic carbocycles. The van der Waals surface area contributed by atoms with Gasteiger partial charge in [-0.25, -0.2) is 12.8 Å². The molecule has 7 heteroatoms. The molecule has 0 atom stereocenters. The van der Waals surface area contributed by atoms with E-state index in [1.165, 1.54) is 18.2 Å². The molecule has 18 heavy (non-hydrogen) atoms. The Morgan fingerprint density at radius 3 is 2.72 bits per heavy atom. The van der Waals surface area contributed by atoms with Gasteiger partial charge in [-0.2, -0.15) is 5.26 Å². The van der Waals surface area contributed by atoms with E-state index < -0.39 is 33.1 Å². The van der Waals surface area contributed by atoms with Crippen LogP contribution in [0.4, 0.5) is 4.39 Å². The van der Waals surface area contributed by atoms with E-state index in [0.717, 1.165) is 7.11 Å². The van der Waals surface area contributed by atoms with Gasteiger partial charge in [0.15, 0.2) is 9.84 Å². The van der Waals surface area contributed by atoms with Gasteiger partial charge in [0.05, 0.1) is 18.4 Å². The van der Waals surface area contributed by atoms with Gasteiger partial charge in [0.2, 0.25) is 0 Å². The Morgan fingerprint density at radius 2 is 2.17 bits per heavy atom. The maximum absolute atomic E-state index is 13.6. The molecule has 0 bridgehead atoms. The molecule has 0 heterocycles. The number of methoxy groups -OCH3 is 1. The van der Waals surface area contributed by atoms with E-state index in [0.29, 0.717) is 0 Å². The third-order valence-electron chi connectivity index (χ3n) is 2.14. The molecule has 96 valence electrons. The van der Waals surface area contributed by atoms with Gasteiger partial charge in [0.25, 0.3) is 0 Å². The molecule has 0 N–H and O–H groups in total. The van der Waals surface area contributed by atoms with Crippen molar-refractivity contribution < 1.29 is 22.3 Å². The summed E-state index contributed by atoms with van der Waals surface area (Å²) in [5, 5.41) is 8.61. The summed E-state index contributed by atoms with van der Waals surface area (Å²) >= 11 is 0. The number of carbonyl (C=O) groups excluding carboxylic acids is 1. The minimum atomic E-state index is -3.82. The third-order valence-corrected chi connectivity index (χ3v) is 3.57. The lowest BCUT2D eigenvalue weighted by Gasteiger charge is -2.05. The number of sulfone groups is 1. The number of benzene rings is 1. The average molecular weight is 271 g/mol. The monoisotopic (exact) mass is 271 g/mol. The first-order valence-electron chi connectivity index (χ1n) is 4.84. The Bertz CT molecular complexity index is 604. The highest BCUT2D eigenvalue weighted by Crippen LogP contribution is 2.15. The number of carbonyl (C=O) groups is 1. The fourth-order valence-electron chi connectivity index (χ4n) is 1.30. The summed E-state index contributed by atoms with van der Waals surface area (Å²) in [5.74, 6) is -3.26. The van der Waals surface area contributed by atoms with E-state index in [1.807, 2.05) is 0 Å². The van der Waals surface area contributed by atoms with Gasteiger partial charge in [-0.15, -0.1) is 0 Å². The van der Waals surface area contributed by atoms with Crippen molar-refractivity contribution in [2.75, 3.05) is 12.9 Å². The first-order valence-corrected chi connectivity index (χ1v) is 6.66. The van der Waals surface area contributed by atoms with Crippen LogP contribution < -0.4 is 0 Å².